The van der Waals surface area contributed by atoms with Crippen LogP contribution in [0.1, 0.15) is 16.7 Å². The number of nitrogens with one attached hydrogen (secondary N) is 1. The quantitative estimate of drug-likeness (QED) is 0.772. The number of aryl methyl sites for hydroxylation is 1. The molecule has 4 nitrogen and oxygen atoms in total. The van der Waals surface area contributed by atoms with Crippen molar-refractivity contribution in [2.75, 3.05) is 7.11 Å². The van der Waals surface area contributed by atoms with Crippen LogP contribution in [-0.4, -0.2) is 19.6 Å². The fourth-order valence-electron chi connectivity index (χ4n) is 2.11. The summed E-state index contributed by atoms with van der Waals surface area (Å²) in [6.07, 6.45) is 3.16. The zero-order valence-corrected chi connectivity index (χ0v) is 14.0. The van der Waals surface area contributed by atoms with Crippen LogP contribution in [0.15, 0.2) is 48.5 Å². The van der Waals surface area contributed by atoms with Gasteiger partial charge in [0.15, 0.2) is 11.5 Å². The van der Waals surface area contributed by atoms with Crippen molar-refractivity contribution in [2.24, 2.45) is 0 Å². The predicted molar refractivity (Wildman–Crippen MR) is 91.7 cm³/mol. The zero-order valence-electron chi connectivity index (χ0n) is 14.0. The number of ether oxygens (including phenoxy) is 2. The number of alkyl halides is 2. The molecule has 0 atom stereocenters. The molecule has 0 heterocycles. The Labute approximate surface area is 145 Å². The average Bonchev–Trinajstić information content (AvgIpc) is 2.60. The summed E-state index contributed by atoms with van der Waals surface area (Å²) in [7, 11) is 1.36. The third-order valence-electron chi connectivity index (χ3n) is 3.42. The van der Waals surface area contributed by atoms with E-state index in [1.807, 2.05) is 31.2 Å². The average molecular weight is 347 g/mol. The van der Waals surface area contributed by atoms with Crippen LogP contribution in [0.25, 0.3) is 6.08 Å². The van der Waals surface area contributed by atoms with Gasteiger partial charge in [-0.15, -0.1) is 0 Å². The van der Waals surface area contributed by atoms with E-state index in [9.17, 15) is 13.6 Å². The van der Waals surface area contributed by atoms with Crippen LogP contribution in [0.3, 0.4) is 0 Å². The maximum atomic E-state index is 12.3. The molecule has 0 aliphatic heterocycles. The predicted octanol–water partition coefficient (Wildman–Crippen LogP) is 3.93. The molecule has 2 aromatic carbocycles. The fraction of sp³-hybridized carbons (Fsp3) is 0.211. The molecule has 0 bridgehead atoms. The molecule has 0 aliphatic rings. The Kier molecular flexibility index (Phi) is 6.51. The highest BCUT2D eigenvalue weighted by molar-refractivity contribution is 5.91. The molecule has 0 aromatic heterocycles. The number of amides is 1. The molecule has 0 saturated carbocycles. The molecule has 25 heavy (non-hydrogen) atoms. The molecule has 1 amide bonds. The third-order valence-corrected chi connectivity index (χ3v) is 3.42. The van der Waals surface area contributed by atoms with Crippen molar-refractivity contribution < 1.29 is 23.0 Å². The monoisotopic (exact) mass is 347 g/mol. The Bertz CT molecular complexity index is 743. The van der Waals surface area contributed by atoms with Crippen LogP contribution in [0.2, 0.25) is 0 Å². The number of carbonyl (C=O) groups is 1. The van der Waals surface area contributed by atoms with Crippen LogP contribution in [-0.2, 0) is 11.3 Å². The van der Waals surface area contributed by atoms with Crippen LogP contribution in [0, 0.1) is 6.92 Å². The van der Waals surface area contributed by atoms with E-state index in [4.69, 9.17) is 4.74 Å². The molecule has 0 spiro atoms. The van der Waals surface area contributed by atoms with Crippen LogP contribution in [0.4, 0.5) is 8.78 Å². The summed E-state index contributed by atoms with van der Waals surface area (Å²) in [6, 6.07) is 12.3. The first-order valence-electron chi connectivity index (χ1n) is 7.62. The Morgan fingerprint density at radius 3 is 2.52 bits per heavy atom. The van der Waals surface area contributed by atoms with E-state index in [0.29, 0.717) is 5.56 Å². The van der Waals surface area contributed by atoms with Crippen LogP contribution in [0.5, 0.6) is 11.5 Å². The number of halogens is 2. The van der Waals surface area contributed by atoms with Gasteiger partial charge in [-0.2, -0.15) is 8.78 Å². The molecule has 2 aromatic rings. The lowest BCUT2D eigenvalue weighted by molar-refractivity contribution is -0.116. The summed E-state index contributed by atoms with van der Waals surface area (Å²) in [4.78, 5) is 11.9. The van der Waals surface area contributed by atoms with E-state index < -0.39 is 6.61 Å². The van der Waals surface area contributed by atoms with E-state index in [2.05, 4.69) is 10.1 Å². The van der Waals surface area contributed by atoms with Gasteiger partial charge in [0, 0.05) is 12.6 Å². The maximum absolute atomic E-state index is 12.3. The minimum absolute atomic E-state index is 0.0492. The molecular formula is C19H19F2NO3. The number of hydrogen-bond donors (Lipinski definition) is 1. The SMILES string of the molecule is COc1cc(CNC(=O)/C=C/c2ccc(C)cc2)ccc1OC(F)F. The normalized spacial score (nSPS) is 10.9. The van der Waals surface area contributed by atoms with Gasteiger partial charge in [0.1, 0.15) is 0 Å². The number of rotatable bonds is 7. The van der Waals surface area contributed by atoms with Crippen molar-refractivity contribution >= 4 is 12.0 Å². The maximum Gasteiger partial charge on any atom is 0.387 e. The van der Waals surface area contributed by atoms with Gasteiger partial charge in [-0.05, 0) is 36.3 Å². The number of methoxy groups -OCH3 is 1. The van der Waals surface area contributed by atoms with Crippen molar-refractivity contribution in [2.45, 2.75) is 20.1 Å². The fourth-order valence-corrected chi connectivity index (χ4v) is 2.11. The molecule has 1 N–H and O–H groups in total. The highest BCUT2D eigenvalue weighted by Gasteiger charge is 2.11. The minimum atomic E-state index is -2.92. The first kappa shape index (κ1) is 18.4. The second-order valence-electron chi connectivity index (χ2n) is 5.33. The molecule has 0 fully saturated rings. The summed E-state index contributed by atoms with van der Waals surface area (Å²) in [5.74, 6) is -0.124. The Balaban J connectivity index is 1.93. The van der Waals surface area contributed by atoms with Crippen molar-refractivity contribution in [3.8, 4) is 11.5 Å². The van der Waals surface area contributed by atoms with Gasteiger partial charge < -0.3 is 14.8 Å². The molecule has 0 radical (unpaired) electrons. The van der Waals surface area contributed by atoms with Gasteiger partial charge in [-0.1, -0.05) is 35.9 Å². The highest BCUT2D eigenvalue weighted by atomic mass is 19.3. The first-order valence-corrected chi connectivity index (χ1v) is 7.62. The standard InChI is InChI=1S/C19H19F2NO3/c1-13-3-5-14(6-4-13)8-10-18(23)22-12-15-7-9-16(25-19(20)21)17(11-15)24-2/h3-11,19H,12H2,1-2H3,(H,22,23)/b10-8+. The van der Waals surface area contributed by atoms with E-state index in [-0.39, 0.29) is 24.0 Å². The molecule has 0 aliphatic carbocycles. The lowest BCUT2D eigenvalue weighted by Gasteiger charge is -2.11. The number of benzene rings is 2. The largest absolute Gasteiger partial charge is 0.493 e. The van der Waals surface area contributed by atoms with Crippen molar-refractivity contribution in [1.29, 1.82) is 0 Å². The minimum Gasteiger partial charge on any atom is -0.493 e. The summed E-state index contributed by atoms with van der Waals surface area (Å²) < 4.78 is 34.0. The van der Waals surface area contributed by atoms with Crippen LogP contribution < -0.4 is 14.8 Å². The number of hydrogen-bond acceptors (Lipinski definition) is 3. The van der Waals surface area contributed by atoms with E-state index >= 15 is 0 Å². The molecule has 6 heteroatoms. The zero-order chi connectivity index (χ0) is 18.2. The Hall–Kier alpha value is -2.89. The van der Waals surface area contributed by atoms with Gasteiger partial charge in [0.25, 0.3) is 0 Å². The van der Waals surface area contributed by atoms with Gasteiger partial charge in [-0.25, -0.2) is 0 Å². The first-order chi connectivity index (χ1) is 12.0. The van der Waals surface area contributed by atoms with E-state index in [1.165, 1.54) is 19.3 Å². The van der Waals surface area contributed by atoms with E-state index in [1.54, 1.807) is 18.2 Å². The third kappa shape index (κ3) is 5.91. The van der Waals surface area contributed by atoms with Crippen molar-refractivity contribution in [3.63, 3.8) is 0 Å². The van der Waals surface area contributed by atoms with Gasteiger partial charge >= 0.3 is 6.61 Å². The van der Waals surface area contributed by atoms with Gasteiger partial charge in [-0.3, -0.25) is 4.79 Å². The Morgan fingerprint density at radius 2 is 1.88 bits per heavy atom. The topological polar surface area (TPSA) is 47.6 Å². The van der Waals surface area contributed by atoms with Crippen molar-refractivity contribution in [1.82, 2.24) is 5.32 Å². The summed E-state index contributed by atoms with van der Waals surface area (Å²) in [6.45, 7) is -0.694. The van der Waals surface area contributed by atoms with Crippen LogP contribution >= 0.6 is 0 Å². The van der Waals surface area contributed by atoms with E-state index in [0.717, 1.165) is 11.1 Å². The molecule has 2 rings (SSSR count). The Morgan fingerprint density at radius 1 is 1.16 bits per heavy atom. The molecular weight excluding hydrogens is 328 g/mol. The second-order valence-corrected chi connectivity index (χ2v) is 5.33. The molecule has 0 saturated heterocycles. The summed E-state index contributed by atoms with van der Waals surface area (Å²) in [5, 5.41) is 2.72. The van der Waals surface area contributed by atoms with Gasteiger partial charge in [0.2, 0.25) is 5.91 Å². The number of carbonyl (C=O) groups excluding carboxylic acids is 1. The molecule has 0 unspecified atom stereocenters. The lowest BCUT2D eigenvalue weighted by atomic mass is 10.1. The second kappa shape index (κ2) is 8.82. The lowest BCUT2D eigenvalue weighted by Crippen LogP contribution is -2.20. The smallest absolute Gasteiger partial charge is 0.387 e. The van der Waals surface area contributed by atoms with Crippen molar-refractivity contribution in [3.05, 3.63) is 65.2 Å². The highest BCUT2D eigenvalue weighted by Crippen LogP contribution is 2.29. The molecule has 132 valence electrons. The summed E-state index contributed by atoms with van der Waals surface area (Å²) >= 11 is 0. The summed E-state index contributed by atoms with van der Waals surface area (Å²) in [5.41, 5.74) is 2.78. The van der Waals surface area contributed by atoms with Gasteiger partial charge in [0.05, 0.1) is 7.11 Å².